The molecule has 14 heteroatoms. The van der Waals surface area contributed by atoms with Gasteiger partial charge in [-0.05, 0) is 49.2 Å². The Kier molecular flexibility index (Phi) is 15.5. The second kappa shape index (κ2) is 19.0. The van der Waals surface area contributed by atoms with E-state index in [9.17, 15) is 9.59 Å². The van der Waals surface area contributed by atoms with Gasteiger partial charge in [-0.2, -0.15) is 0 Å². The van der Waals surface area contributed by atoms with Gasteiger partial charge in [0, 0.05) is 101 Å². The lowest BCUT2D eigenvalue weighted by Crippen LogP contribution is -2.27. The molecular formula is C32H42Cl4N6O4. The molecule has 0 aliphatic rings. The van der Waals surface area contributed by atoms with E-state index in [-0.39, 0.29) is 12.8 Å². The van der Waals surface area contributed by atoms with E-state index in [1.54, 1.807) is 0 Å². The van der Waals surface area contributed by atoms with E-state index in [1.165, 1.54) is 0 Å². The topological polar surface area (TPSA) is 117 Å². The lowest BCUT2D eigenvalue weighted by molar-refractivity contribution is -0.138. The smallest absolute Gasteiger partial charge is 0.303 e. The number of aryl methyl sites for hydroxylation is 4. The quantitative estimate of drug-likeness (QED) is 0.112. The van der Waals surface area contributed by atoms with Crippen LogP contribution in [0.3, 0.4) is 0 Å². The molecule has 2 heterocycles. The summed E-state index contributed by atoms with van der Waals surface area (Å²) in [5.41, 5.74) is 5.99. The summed E-state index contributed by atoms with van der Waals surface area (Å²) in [6.07, 6.45) is 2.80. The second-order valence-electron chi connectivity index (χ2n) is 10.7. The van der Waals surface area contributed by atoms with Crippen molar-refractivity contribution in [2.24, 2.45) is 14.1 Å². The van der Waals surface area contributed by atoms with Crippen LogP contribution in [0.2, 0.25) is 0 Å². The van der Waals surface area contributed by atoms with Crippen LogP contribution in [-0.2, 0) is 36.5 Å². The average Bonchev–Trinajstić information content (AvgIpc) is 3.51. The van der Waals surface area contributed by atoms with Crippen molar-refractivity contribution in [2.75, 3.05) is 59.5 Å². The first kappa shape index (κ1) is 37.5. The zero-order chi connectivity index (χ0) is 33.6. The van der Waals surface area contributed by atoms with Gasteiger partial charge in [0.15, 0.2) is 0 Å². The summed E-state index contributed by atoms with van der Waals surface area (Å²) in [7, 11) is 3.92. The summed E-state index contributed by atoms with van der Waals surface area (Å²) in [6, 6.07) is 12.2. The molecule has 252 valence electrons. The highest BCUT2D eigenvalue weighted by Gasteiger charge is 2.13. The number of carboxylic acid groups (broad SMARTS) is 2. The van der Waals surface area contributed by atoms with Crippen LogP contribution < -0.4 is 9.80 Å². The van der Waals surface area contributed by atoms with Gasteiger partial charge in [-0.1, -0.05) is 0 Å². The van der Waals surface area contributed by atoms with Crippen LogP contribution in [0.25, 0.3) is 22.1 Å². The van der Waals surface area contributed by atoms with Gasteiger partial charge in [-0.3, -0.25) is 9.59 Å². The fourth-order valence-corrected chi connectivity index (χ4v) is 6.08. The van der Waals surface area contributed by atoms with Crippen molar-refractivity contribution in [2.45, 2.75) is 38.5 Å². The number of aliphatic carboxylic acids is 2. The maximum absolute atomic E-state index is 10.6. The van der Waals surface area contributed by atoms with Gasteiger partial charge < -0.3 is 29.1 Å². The Balaban J connectivity index is 0.000000250. The van der Waals surface area contributed by atoms with Crippen molar-refractivity contribution >= 4 is 91.8 Å². The van der Waals surface area contributed by atoms with Gasteiger partial charge in [0.1, 0.15) is 11.6 Å². The predicted octanol–water partition coefficient (Wildman–Crippen LogP) is 6.53. The number of benzene rings is 2. The number of hydrogen-bond acceptors (Lipinski definition) is 6. The van der Waals surface area contributed by atoms with Crippen LogP contribution >= 0.6 is 46.4 Å². The number of hydrogen-bond donors (Lipinski definition) is 2. The molecular weight excluding hydrogens is 674 g/mol. The maximum atomic E-state index is 10.6. The molecule has 2 N–H and O–H groups in total. The highest BCUT2D eigenvalue weighted by Crippen LogP contribution is 2.25. The highest BCUT2D eigenvalue weighted by atomic mass is 35.5. The van der Waals surface area contributed by atoms with Gasteiger partial charge >= 0.3 is 11.9 Å². The number of carbonyl (C=O) groups is 2. The molecule has 4 rings (SSSR count). The Labute approximate surface area is 289 Å². The molecule has 0 spiro atoms. The van der Waals surface area contributed by atoms with E-state index < -0.39 is 11.9 Å². The third-order valence-electron chi connectivity index (χ3n) is 7.64. The molecule has 0 aliphatic heterocycles. The largest absolute Gasteiger partial charge is 0.481 e. The number of aromatic nitrogens is 4. The fourth-order valence-electron chi connectivity index (χ4n) is 5.26. The minimum absolute atomic E-state index is 0.160. The second-order valence-corrected chi connectivity index (χ2v) is 12.3. The maximum Gasteiger partial charge on any atom is 0.303 e. The standard InChI is InChI=1S/2C16H21Cl2N3O2/c2*1-20-14-6-5-12(21(9-7-17)10-8-18)11-13(14)19-15(20)3-2-4-16(22)23/h2*5-6,11H,2-4,7-10H2,1H3,(H,22,23). The van der Waals surface area contributed by atoms with Crippen LogP contribution in [-0.4, -0.2) is 91.0 Å². The van der Waals surface area contributed by atoms with Gasteiger partial charge in [-0.15, -0.1) is 46.4 Å². The van der Waals surface area contributed by atoms with Crippen molar-refractivity contribution in [3.8, 4) is 0 Å². The Morgan fingerprint density at radius 1 is 0.652 bits per heavy atom. The molecule has 0 fully saturated rings. The summed E-state index contributed by atoms with van der Waals surface area (Å²) >= 11 is 23.4. The van der Waals surface area contributed by atoms with Gasteiger partial charge in [0.05, 0.1) is 22.1 Å². The molecule has 46 heavy (non-hydrogen) atoms. The summed E-state index contributed by atoms with van der Waals surface area (Å²) in [5, 5.41) is 17.5. The van der Waals surface area contributed by atoms with E-state index in [0.29, 0.717) is 49.2 Å². The molecule has 10 nitrogen and oxygen atoms in total. The van der Waals surface area contributed by atoms with Crippen molar-refractivity contribution in [1.29, 1.82) is 0 Å². The third kappa shape index (κ3) is 10.6. The van der Waals surface area contributed by atoms with Crippen LogP contribution in [0.15, 0.2) is 36.4 Å². The molecule has 0 unspecified atom stereocenters. The number of nitrogens with zero attached hydrogens (tertiary/aromatic N) is 6. The number of rotatable bonds is 18. The zero-order valence-corrected chi connectivity index (χ0v) is 29.3. The zero-order valence-electron chi connectivity index (χ0n) is 26.3. The van der Waals surface area contributed by atoms with Gasteiger partial charge in [0.2, 0.25) is 0 Å². The monoisotopic (exact) mass is 714 g/mol. The third-order valence-corrected chi connectivity index (χ3v) is 8.32. The molecule has 2 aromatic carbocycles. The number of fused-ring (bicyclic) bond motifs is 2. The Hall–Kier alpha value is -2.92. The average molecular weight is 717 g/mol. The lowest BCUT2D eigenvalue weighted by atomic mass is 10.2. The first-order chi connectivity index (χ1) is 22.1. The van der Waals surface area contributed by atoms with Crippen LogP contribution in [0.4, 0.5) is 11.4 Å². The molecule has 0 amide bonds. The lowest BCUT2D eigenvalue weighted by Gasteiger charge is -2.22. The summed E-state index contributed by atoms with van der Waals surface area (Å²) in [6.45, 7) is 2.94. The van der Waals surface area contributed by atoms with E-state index in [4.69, 9.17) is 56.6 Å². The summed E-state index contributed by atoms with van der Waals surface area (Å²) < 4.78 is 4.04. The van der Waals surface area contributed by atoms with Crippen molar-refractivity contribution < 1.29 is 19.8 Å². The molecule has 0 radical (unpaired) electrons. The van der Waals surface area contributed by atoms with Gasteiger partial charge in [-0.25, -0.2) is 9.97 Å². The molecule has 0 saturated heterocycles. The molecule has 0 bridgehead atoms. The molecule has 4 aromatic rings. The minimum atomic E-state index is -0.774. The predicted molar refractivity (Wildman–Crippen MR) is 190 cm³/mol. The number of anilines is 2. The minimum Gasteiger partial charge on any atom is -0.481 e. The molecule has 0 atom stereocenters. The van der Waals surface area contributed by atoms with Crippen LogP contribution in [0.5, 0.6) is 0 Å². The number of carboxylic acids is 2. The van der Waals surface area contributed by atoms with Crippen molar-refractivity contribution in [3.05, 3.63) is 48.0 Å². The Morgan fingerprint density at radius 3 is 1.30 bits per heavy atom. The highest BCUT2D eigenvalue weighted by molar-refractivity contribution is 6.19. The molecule has 0 aliphatic carbocycles. The van der Waals surface area contributed by atoms with E-state index in [0.717, 1.165) is 71.3 Å². The Morgan fingerprint density at radius 2 is 1.00 bits per heavy atom. The van der Waals surface area contributed by atoms with Gasteiger partial charge in [0.25, 0.3) is 0 Å². The Bertz CT molecular complexity index is 1450. The van der Waals surface area contributed by atoms with E-state index >= 15 is 0 Å². The summed E-state index contributed by atoms with van der Waals surface area (Å²) in [4.78, 5) is 34.8. The fraction of sp³-hybridized carbons (Fsp3) is 0.500. The van der Waals surface area contributed by atoms with Crippen molar-refractivity contribution in [1.82, 2.24) is 19.1 Å². The first-order valence-corrected chi connectivity index (χ1v) is 17.3. The number of halogens is 4. The normalized spacial score (nSPS) is 11.1. The van der Waals surface area contributed by atoms with E-state index in [1.807, 2.05) is 59.6 Å². The number of alkyl halides is 4. The SMILES string of the molecule is Cn1c(CCCC(=O)O)nc2cc(N(CCCl)CCCl)ccc21.Cn1c(CCCC(=O)O)nc2cc(N(CCCl)CCCl)ccc21. The first-order valence-electron chi connectivity index (χ1n) is 15.2. The van der Waals surface area contributed by atoms with Crippen molar-refractivity contribution in [3.63, 3.8) is 0 Å². The number of imidazole rings is 2. The molecule has 0 saturated carbocycles. The van der Waals surface area contributed by atoms with Crippen LogP contribution in [0, 0.1) is 0 Å². The molecule has 2 aromatic heterocycles. The van der Waals surface area contributed by atoms with E-state index in [2.05, 4.69) is 19.8 Å². The summed E-state index contributed by atoms with van der Waals surface area (Å²) in [5.74, 6) is 2.41. The van der Waals surface area contributed by atoms with Crippen LogP contribution in [0.1, 0.15) is 37.3 Å².